The van der Waals surface area contributed by atoms with Crippen LogP contribution in [0.2, 0.25) is 0 Å². The van der Waals surface area contributed by atoms with E-state index in [9.17, 15) is 8.42 Å². The Labute approximate surface area is 99.7 Å². The molecule has 0 saturated carbocycles. The van der Waals surface area contributed by atoms with Gasteiger partial charge in [-0.3, -0.25) is 4.55 Å². The molecule has 0 fully saturated rings. The van der Waals surface area contributed by atoms with Gasteiger partial charge in [-0.25, -0.2) is 0 Å². The first-order valence-corrected chi connectivity index (χ1v) is 7.77. The maximum absolute atomic E-state index is 10.4. The summed E-state index contributed by atoms with van der Waals surface area (Å²) in [7, 11) is -3.77. The Bertz CT molecular complexity index is 268. The molecule has 4 heteroatoms. The molecule has 0 aromatic heterocycles. The number of allylic oxidation sites excluding steroid dienone is 2. The third kappa shape index (κ3) is 13.7. The minimum atomic E-state index is -3.77. The van der Waals surface area contributed by atoms with Gasteiger partial charge in [0.05, 0.1) is 5.75 Å². The molecule has 0 aliphatic rings. The van der Waals surface area contributed by atoms with E-state index in [2.05, 4.69) is 13.0 Å². The smallest absolute Gasteiger partial charge is 0.264 e. The third-order valence-electron chi connectivity index (χ3n) is 2.41. The third-order valence-corrected chi connectivity index (χ3v) is 3.22. The fourth-order valence-corrected chi connectivity index (χ4v) is 2.02. The summed E-state index contributed by atoms with van der Waals surface area (Å²) in [5, 5.41) is 0. The Morgan fingerprint density at radius 1 is 0.938 bits per heavy atom. The van der Waals surface area contributed by atoms with Gasteiger partial charge in [-0.05, 0) is 25.7 Å². The largest absolute Gasteiger partial charge is 0.286 e. The molecule has 0 bridgehead atoms. The zero-order valence-electron chi connectivity index (χ0n) is 10.2. The van der Waals surface area contributed by atoms with Gasteiger partial charge < -0.3 is 0 Å². The van der Waals surface area contributed by atoms with E-state index >= 15 is 0 Å². The molecule has 0 saturated heterocycles. The monoisotopic (exact) mass is 248 g/mol. The molecule has 0 spiro atoms. The normalized spacial score (nSPS) is 12.4. The van der Waals surface area contributed by atoms with Gasteiger partial charge in [-0.2, -0.15) is 8.42 Å². The minimum absolute atomic E-state index is 0.131. The zero-order valence-corrected chi connectivity index (χ0v) is 11.0. The predicted octanol–water partition coefficient (Wildman–Crippen LogP) is 3.57. The highest BCUT2D eigenvalue weighted by atomic mass is 32.2. The lowest BCUT2D eigenvalue weighted by Crippen LogP contribution is -2.02. The van der Waals surface area contributed by atoms with Crippen molar-refractivity contribution in [1.82, 2.24) is 0 Å². The Morgan fingerprint density at radius 2 is 1.50 bits per heavy atom. The molecule has 0 rings (SSSR count). The molecule has 96 valence electrons. The standard InChI is InChI=1S/C12H24O3S/c1-2-3-4-5-6-7-8-9-10-11-12-16(13,14)15/h8-9H,2-7,10-12H2,1H3,(H,13,14,15)/b9-8+. The molecule has 0 amide bonds. The summed E-state index contributed by atoms with van der Waals surface area (Å²) < 4.78 is 29.3. The zero-order chi connectivity index (χ0) is 12.3. The lowest BCUT2D eigenvalue weighted by Gasteiger charge is -1.96. The van der Waals surface area contributed by atoms with Crippen LogP contribution in [0.25, 0.3) is 0 Å². The number of rotatable bonds is 10. The van der Waals surface area contributed by atoms with Gasteiger partial charge in [0.2, 0.25) is 0 Å². The molecule has 1 N–H and O–H groups in total. The van der Waals surface area contributed by atoms with Crippen molar-refractivity contribution in [3.05, 3.63) is 12.2 Å². The van der Waals surface area contributed by atoms with Crippen molar-refractivity contribution in [2.75, 3.05) is 5.75 Å². The lowest BCUT2D eigenvalue weighted by molar-refractivity contribution is 0.481. The molecular weight excluding hydrogens is 224 g/mol. The second kappa shape index (κ2) is 9.85. The highest BCUT2D eigenvalue weighted by Crippen LogP contribution is 2.06. The molecule has 0 aromatic carbocycles. The molecule has 3 nitrogen and oxygen atoms in total. The van der Waals surface area contributed by atoms with E-state index in [-0.39, 0.29) is 5.75 Å². The first kappa shape index (κ1) is 15.7. The Kier molecular flexibility index (Phi) is 9.63. The van der Waals surface area contributed by atoms with Crippen molar-refractivity contribution in [2.45, 2.75) is 58.3 Å². The van der Waals surface area contributed by atoms with Gasteiger partial charge in [0.15, 0.2) is 0 Å². The molecule has 0 heterocycles. The van der Waals surface area contributed by atoms with E-state index in [0.29, 0.717) is 6.42 Å². The SMILES string of the molecule is CCCCCCC/C=C/CCCS(=O)(=O)O. The van der Waals surface area contributed by atoms with Crippen molar-refractivity contribution in [2.24, 2.45) is 0 Å². The second-order valence-electron chi connectivity index (χ2n) is 4.10. The van der Waals surface area contributed by atoms with Crippen LogP contribution in [0.5, 0.6) is 0 Å². The summed E-state index contributed by atoms with van der Waals surface area (Å²) in [4.78, 5) is 0. The van der Waals surface area contributed by atoms with Gasteiger partial charge in [0.25, 0.3) is 10.1 Å². The van der Waals surface area contributed by atoms with Gasteiger partial charge in [-0.1, -0.05) is 44.8 Å². The number of unbranched alkanes of at least 4 members (excludes halogenated alkanes) is 6. The van der Waals surface area contributed by atoms with Crippen molar-refractivity contribution in [3.63, 3.8) is 0 Å². The lowest BCUT2D eigenvalue weighted by atomic mass is 10.1. The van der Waals surface area contributed by atoms with Crippen molar-refractivity contribution in [1.29, 1.82) is 0 Å². The minimum Gasteiger partial charge on any atom is -0.286 e. The Balaban J connectivity index is 3.23. The average Bonchev–Trinajstić information content (AvgIpc) is 2.19. The van der Waals surface area contributed by atoms with Gasteiger partial charge in [-0.15, -0.1) is 0 Å². The maximum atomic E-state index is 10.4. The highest BCUT2D eigenvalue weighted by molar-refractivity contribution is 7.85. The first-order valence-electron chi connectivity index (χ1n) is 6.16. The summed E-state index contributed by atoms with van der Waals surface area (Å²) in [5.74, 6) is -0.131. The summed E-state index contributed by atoms with van der Waals surface area (Å²) in [6.07, 6.45) is 12.8. The van der Waals surface area contributed by atoms with Crippen LogP contribution in [-0.2, 0) is 10.1 Å². The van der Waals surface area contributed by atoms with E-state index in [1.807, 2.05) is 6.08 Å². The molecule has 0 atom stereocenters. The molecule has 0 radical (unpaired) electrons. The van der Waals surface area contributed by atoms with Gasteiger partial charge >= 0.3 is 0 Å². The molecular formula is C12H24O3S. The fraction of sp³-hybridized carbons (Fsp3) is 0.833. The van der Waals surface area contributed by atoms with Crippen molar-refractivity contribution < 1.29 is 13.0 Å². The van der Waals surface area contributed by atoms with E-state index < -0.39 is 10.1 Å². The summed E-state index contributed by atoms with van der Waals surface area (Å²) in [6.45, 7) is 2.20. The van der Waals surface area contributed by atoms with Crippen molar-refractivity contribution >= 4 is 10.1 Å². The summed E-state index contributed by atoms with van der Waals surface area (Å²) in [5.41, 5.74) is 0. The van der Waals surface area contributed by atoms with Crippen LogP contribution >= 0.6 is 0 Å². The molecule has 0 aromatic rings. The number of hydrogen-bond acceptors (Lipinski definition) is 2. The molecule has 0 unspecified atom stereocenters. The first-order chi connectivity index (χ1) is 7.56. The second-order valence-corrected chi connectivity index (χ2v) is 5.67. The van der Waals surface area contributed by atoms with E-state index in [4.69, 9.17) is 4.55 Å². The molecule has 16 heavy (non-hydrogen) atoms. The van der Waals surface area contributed by atoms with E-state index in [1.165, 1.54) is 32.1 Å². The van der Waals surface area contributed by atoms with Crippen LogP contribution in [0.1, 0.15) is 58.3 Å². The molecule has 0 aliphatic carbocycles. The van der Waals surface area contributed by atoms with Crippen LogP contribution in [0.4, 0.5) is 0 Å². The van der Waals surface area contributed by atoms with Crippen LogP contribution in [0.15, 0.2) is 12.2 Å². The summed E-state index contributed by atoms with van der Waals surface area (Å²) >= 11 is 0. The van der Waals surface area contributed by atoms with Gasteiger partial charge in [0, 0.05) is 0 Å². The van der Waals surface area contributed by atoms with Crippen LogP contribution < -0.4 is 0 Å². The van der Waals surface area contributed by atoms with Gasteiger partial charge in [0.1, 0.15) is 0 Å². The maximum Gasteiger partial charge on any atom is 0.264 e. The molecule has 0 aliphatic heterocycles. The van der Waals surface area contributed by atoms with E-state index in [0.717, 1.165) is 12.8 Å². The van der Waals surface area contributed by atoms with E-state index in [1.54, 1.807) is 0 Å². The van der Waals surface area contributed by atoms with Crippen LogP contribution in [0.3, 0.4) is 0 Å². The Hall–Kier alpha value is -0.350. The summed E-state index contributed by atoms with van der Waals surface area (Å²) in [6, 6.07) is 0. The average molecular weight is 248 g/mol. The highest BCUT2D eigenvalue weighted by Gasteiger charge is 2.01. The van der Waals surface area contributed by atoms with Crippen LogP contribution in [-0.4, -0.2) is 18.7 Å². The Morgan fingerprint density at radius 3 is 2.06 bits per heavy atom. The fourth-order valence-electron chi connectivity index (χ4n) is 1.49. The quantitative estimate of drug-likeness (QED) is 0.365. The topological polar surface area (TPSA) is 54.4 Å². The van der Waals surface area contributed by atoms with Crippen molar-refractivity contribution in [3.8, 4) is 0 Å². The van der Waals surface area contributed by atoms with Crippen LogP contribution in [0, 0.1) is 0 Å². The predicted molar refractivity (Wildman–Crippen MR) is 68.2 cm³/mol. The number of hydrogen-bond donors (Lipinski definition) is 1.